The van der Waals surface area contributed by atoms with Gasteiger partial charge in [0.2, 0.25) is 5.95 Å². The predicted octanol–water partition coefficient (Wildman–Crippen LogP) is 5.94. The monoisotopic (exact) mass is 463 g/mol. The average Bonchev–Trinajstić information content (AvgIpc) is 3.31. The Morgan fingerprint density at radius 3 is 2.71 bits per heavy atom. The topological polar surface area (TPSA) is 58.2 Å². The molecule has 1 saturated carbocycles. The highest BCUT2D eigenvalue weighted by atomic mass is 35.5. The second-order valence-electron chi connectivity index (χ2n) is 9.19. The highest BCUT2D eigenvalue weighted by molar-refractivity contribution is 6.42. The number of benzene rings is 1. The zero-order chi connectivity index (χ0) is 22.0. The Morgan fingerprint density at radius 1 is 1.26 bits per heavy atom. The summed E-state index contributed by atoms with van der Waals surface area (Å²) in [6.07, 6.45) is 5.84. The van der Waals surface area contributed by atoms with Gasteiger partial charge in [-0.05, 0) is 50.2 Å². The largest absolute Gasteiger partial charge is 0.376 e. The van der Waals surface area contributed by atoms with Gasteiger partial charge in [0.05, 0.1) is 21.8 Å². The van der Waals surface area contributed by atoms with Crippen LogP contribution in [0, 0.1) is 11.8 Å². The lowest BCUT2D eigenvalue weighted by Crippen LogP contribution is -2.35. The van der Waals surface area contributed by atoms with Gasteiger partial charge in [0.1, 0.15) is 5.78 Å². The molecule has 1 atom stereocenters. The number of rotatable bonds is 10. The zero-order valence-electron chi connectivity index (χ0n) is 18.3. The number of aromatic amines is 1. The molecule has 1 aliphatic carbocycles. The first-order chi connectivity index (χ1) is 14.9. The van der Waals surface area contributed by atoms with E-state index in [-0.39, 0.29) is 12.0 Å². The normalized spacial score (nSPS) is 18.7. The fourth-order valence-electron chi connectivity index (χ4n) is 4.16. The molecule has 1 aliphatic heterocycles. The molecular formula is C24H31Cl2N3O2. The molecule has 2 aromatic rings. The maximum Gasteiger partial charge on any atom is 0.203 e. The first-order valence-corrected chi connectivity index (χ1v) is 12.1. The number of carbonyl (C=O) groups excluding carboxylic acids is 1. The lowest BCUT2D eigenvalue weighted by Gasteiger charge is -2.24. The molecule has 0 amide bonds. The summed E-state index contributed by atoms with van der Waals surface area (Å²) < 4.78 is 5.89. The molecule has 2 heterocycles. The molecular weight excluding hydrogens is 433 g/mol. The van der Waals surface area contributed by atoms with Gasteiger partial charge in [-0.3, -0.25) is 4.79 Å². The van der Waals surface area contributed by atoms with E-state index < -0.39 is 0 Å². The minimum absolute atomic E-state index is 0.183. The van der Waals surface area contributed by atoms with Crippen LogP contribution in [0.25, 0.3) is 11.3 Å². The molecule has 2 fully saturated rings. The van der Waals surface area contributed by atoms with Crippen LogP contribution in [0.3, 0.4) is 0 Å². The van der Waals surface area contributed by atoms with Crippen LogP contribution < -0.4 is 4.90 Å². The Morgan fingerprint density at radius 2 is 2.06 bits per heavy atom. The van der Waals surface area contributed by atoms with E-state index in [0.29, 0.717) is 34.7 Å². The lowest BCUT2D eigenvalue weighted by atomic mass is 10.0. The van der Waals surface area contributed by atoms with Crippen molar-refractivity contribution in [2.75, 3.05) is 24.6 Å². The maximum atomic E-state index is 12.4. The smallest absolute Gasteiger partial charge is 0.203 e. The molecule has 1 N–H and O–H groups in total. The standard InChI is InChI=1S/C24H31Cl2N3O2/c1-15(2)12-21-23(17-7-8-19(25)20(26)13-17)28-24(27-21)29(14-18-4-3-11-31-18)10-9-22(30)16-5-6-16/h7-8,13,15-16,18H,3-6,9-12,14H2,1-2H3,(H,27,28). The number of nitrogens with zero attached hydrogens (tertiary/aromatic N) is 2. The Kier molecular flexibility index (Phi) is 7.25. The fraction of sp³-hybridized carbons (Fsp3) is 0.583. The molecule has 31 heavy (non-hydrogen) atoms. The van der Waals surface area contributed by atoms with Crippen molar-refractivity contribution in [1.29, 1.82) is 0 Å². The van der Waals surface area contributed by atoms with Gasteiger partial charge in [0.15, 0.2) is 0 Å². The molecule has 0 bridgehead atoms. The van der Waals surface area contributed by atoms with Crippen LogP contribution >= 0.6 is 23.2 Å². The van der Waals surface area contributed by atoms with Gasteiger partial charge >= 0.3 is 0 Å². The van der Waals surface area contributed by atoms with Crippen molar-refractivity contribution in [3.63, 3.8) is 0 Å². The number of imidazole rings is 1. The highest BCUT2D eigenvalue weighted by Crippen LogP contribution is 2.33. The molecule has 1 unspecified atom stereocenters. The van der Waals surface area contributed by atoms with Crippen LogP contribution in [0.15, 0.2) is 18.2 Å². The van der Waals surface area contributed by atoms with Crippen LogP contribution in [0.5, 0.6) is 0 Å². The van der Waals surface area contributed by atoms with Gasteiger partial charge in [-0.25, -0.2) is 4.98 Å². The van der Waals surface area contributed by atoms with Crippen LogP contribution in [0.2, 0.25) is 10.0 Å². The van der Waals surface area contributed by atoms with Gasteiger partial charge in [0.25, 0.3) is 0 Å². The molecule has 2 aliphatic rings. The summed E-state index contributed by atoms with van der Waals surface area (Å²) in [6.45, 7) is 6.60. The maximum absolute atomic E-state index is 12.4. The van der Waals surface area contributed by atoms with E-state index in [4.69, 9.17) is 32.9 Å². The molecule has 1 saturated heterocycles. The molecule has 1 aromatic heterocycles. The number of aromatic nitrogens is 2. The third-order valence-electron chi connectivity index (χ3n) is 5.98. The van der Waals surface area contributed by atoms with E-state index >= 15 is 0 Å². The summed E-state index contributed by atoms with van der Waals surface area (Å²) in [5.41, 5.74) is 2.92. The third-order valence-corrected chi connectivity index (χ3v) is 6.72. The van der Waals surface area contributed by atoms with Gasteiger partial charge in [-0.1, -0.05) is 43.1 Å². The molecule has 5 nitrogen and oxygen atoms in total. The van der Waals surface area contributed by atoms with Gasteiger partial charge in [-0.15, -0.1) is 0 Å². The van der Waals surface area contributed by atoms with Crippen molar-refractivity contribution in [1.82, 2.24) is 9.97 Å². The summed E-state index contributed by atoms with van der Waals surface area (Å²) >= 11 is 12.4. The summed E-state index contributed by atoms with van der Waals surface area (Å²) in [4.78, 5) is 23.1. The predicted molar refractivity (Wildman–Crippen MR) is 126 cm³/mol. The van der Waals surface area contributed by atoms with Gasteiger partial charge in [0, 0.05) is 43.3 Å². The van der Waals surface area contributed by atoms with Crippen molar-refractivity contribution in [2.45, 2.75) is 58.5 Å². The second-order valence-corrected chi connectivity index (χ2v) is 10.0. The number of ether oxygens (including phenoxy) is 1. The number of hydrogen-bond acceptors (Lipinski definition) is 4. The van der Waals surface area contributed by atoms with E-state index in [2.05, 4.69) is 23.7 Å². The molecule has 1 aromatic carbocycles. The second kappa shape index (κ2) is 9.93. The Balaban J connectivity index is 1.62. The Labute approximate surface area is 194 Å². The van der Waals surface area contributed by atoms with E-state index in [0.717, 1.165) is 68.2 Å². The number of ketones is 1. The first-order valence-electron chi connectivity index (χ1n) is 11.3. The van der Waals surface area contributed by atoms with Gasteiger partial charge < -0.3 is 14.6 Å². The number of nitrogens with one attached hydrogen (secondary N) is 1. The summed E-state index contributed by atoms with van der Waals surface area (Å²) in [7, 11) is 0. The lowest BCUT2D eigenvalue weighted by molar-refractivity contribution is -0.120. The molecule has 7 heteroatoms. The molecule has 4 rings (SSSR count). The SMILES string of the molecule is CC(C)Cc1[nH]c(N(CCC(=O)C2CC2)CC2CCCO2)nc1-c1ccc(Cl)c(Cl)c1. The van der Waals surface area contributed by atoms with Crippen LogP contribution in [0.1, 0.15) is 51.6 Å². The Bertz CT molecular complexity index is 918. The average molecular weight is 464 g/mol. The van der Waals surface area contributed by atoms with Crippen LogP contribution in [0.4, 0.5) is 5.95 Å². The molecule has 168 valence electrons. The van der Waals surface area contributed by atoms with Crippen molar-refractivity contribution in [3.8, 4) is 11.3 Å². The quantitative estimate of drug-likeness (QED) is 0.473. The zero-order valence-corrected chi connectivity index (χ0v) is 19.8. The molecule has 0 spiro atoms. The summed E-state index contributed by atoms with van der Waals surface area (Å²) in [6, 6.07) is 5.64. The first kappa shape index (κ1) is 22.6. The highest BCUT2D eigenvalue weighted by Gasteiger charge is 2.30. The molecule has 0 radical (unpaired) electrons. The summed E-state index contributed by atoms with van der Waals surface area (Å²) in [5.74, 6) is 1.93. The van der Waals surface area contributed by atoms with Crippen molar-refractivity contribution in [3.05, 3.63) is 33.9 Å². The number of halogens is 2. The number of anilines is 1. The minimum Gasteiger partial charge on any atom is -0.376 e. The van der Waals surface area contributed by atoms with Crippen molar-refractivity contribution >= 4 is 34.9 Å². The number of hydrogen-bond donors (Lipinski definition) is 1. The van der Waals surface area contributed by atoms with E-state index in [1.165, 1.54) is 0 Å². The van der Waals surface area contributed by atoms with E-state index in [9.17, 15) is 4.79 Å². The van der Waals surface area contributed by atoms with E-state index in [1.54, 1.807) is 0 Å². The number of carbonyl (C=O) groups is 1. The van der Waals surface area contributed by atoms with E-state index in [1.807, 2.05) is 18.2 Å². The summed E-state index contributed by atoms with van der Waals surface area (Å²) in [5, 5.41) is 1.05. The Hall–Kier alpha value is -1.56. The van der Waals surface area contributed by atoms with Crippen molar-refractivity contribution in [2.24, 2.45) is 11.8 Å². The minimum atomic E-state index is 0.183. The third kappa shape index (κ3) is 5.82. The number of H-pyrrole nitrogens is 1. The fourth-order valence-corrected chi connectivity index (χ4v) is 4.45. The van der Waals surface area contributed by atoms with Gasteiger partial charge in [-0.2, -0.15) is 0 Å². The number of Topliss-reactive ketones (excluding diaryl/α,β-unsaturated/α-hetero) is 1. The van der Waals surface area contributed by atoms with Crippen LogP contribution in [-0.4, -0.2) is 41.6 Å². The van der Waals surface area contributed by atoms with Crippen LogP contribution in [-0.2, 0) is 16.0 Å². The van der Waals surface area contributed by atoms with Crippen molar-refractivity contribution < 1.29 is 9.53 Å².